The summed E-state index contributed by atoms with van der Waals surface area (Å²) < 4.78 is 0. The Bertz CT molecular complexity index is 216. The minimum Gasteiger partial charge on any atom is -0.341 e. The number of rotatable bonds is 7. The highest BCUT2D eigenvalue weighted by Gasteiger charge is 2.13. The molecular weight excluding hydrogens is 206 g/mol. The van der Waals surface area contributed by atoms with Crippen LogP contribution in [0, 0.1) is 5.92 Å². The van der Waals surface area contributed by atoms with Gasteiger partial charge in [0.1, 0.15) is 0 Å². The molecule has 0 fully saturated rings. The summed E-state index contributed by atoms with van der Waals surface area (Å²) in [4.78, 5) is 27.1. The molecule has 1 unspecified atom stereocenters. The first-order valence-corrected chi connectivity index (χ1v) is 6.11. The van der Waals surface area contributed by atoms with E-state index in [1.807, 2.05) is 13.8 Å². The third-order valence-corrected chi connectivity index (χ3v) is 2.41. The number of unbranched alkanes of at least 4 members (excludes halogenated alkanes) is 2. The maximum Gasteiger partial charge on any atom is 0.332 e. The lowest BCUT2D eigenvalue weighted by Gasteiger charge is -2.11. The van der Waals surface area contributed by atoms with Crippen molar-refractivity contribution in [1.82, 2.24) is 5.48 Å². The lowest BCUT2D eigenvalue weighted by atomic mass is 10.0. The van der Waals surface area contributed by atoms with Gasteiger partial charge in [-0.1, -0.05) is 40.0 Å². The number of hydrogen-bond donors (Lipinski definition) is 1. The van der Waals surface area contributed by atoms with Gasteiger partial charge in [0.25, 0.3) is 5.91 Å². The number of nitrogens with one attached hydrogen (secondary N) is 1. The van der Waals surface area contributed by atoms with Gasteiger partial charge >= 0.3 is 5.97 Å². The van der Waals surface area contributed by atoms with Gasteiger partial charge < -0.3 is 4.84 Å². The quantitative estimate of drug-likeness (QED) is 0.539. The van der Waals surface area contributed by atoms with Crippen molar-refractivity contribution in [3.8, 4) is 0 Å². The fraction of sp³-hybridized carbons (Fsp3) is 0.833. The second-order valence-corrected chi connectivity index (χ2v) is 4.09. The summed E-state index contributed by atoms with van der Waals surface area (Å²) in [5.41, 5.74) is 2.21. The number of amides is 1. The molecule has 0 aromatic heterocycles. The Hall–Kier alpha value is -1.06. The summed E-state index contributed by atoms with van der Waals surface area (Å²) in [5.74, 6) is -0.682. The van der Waals surface area contributed by atoms with Crippen LogP contribution in [0.1, 0.15) is 59.3 Å². The first-order chi connectivity index (χ1) is 7.61. The Morgan fingerprint density at radius 2 is 1.88 bits per heavy atom. The van der Waals surface area contributed by atoms with Crippen LogP contribution in [-0.4, -0.2) is 11.9 Å². The van der Waals surface area contributed by atoms with Gasteiger partial charge in [-0.3, -0.25) is 4.79 Å². The molecule has 0 aliphatic carbocycles. The molecule has 0 saturated heterocycles. The van der Waals surface area contributed by atoms with Crippen LogP contribution in [0.3, 0.4) is 0 Å². The Balaban J connectivity index is 3.66. The standard InChI is InChI=1S/C12H23NO3/c1-4-6-7-9-10(3)12(15)13-16-11(14)8-5-2/h10H,4-9H2,1-3H3,(H,13,15). The molecule has 0 aliphatic rings. The van der Waals surface area contributed by atoms with Crippen molar-refractivity contribution >= 4 is 11.9 Å². The Kier molecular flexibility index (Phi) is 8.58. The number of carbonyl (C=O) groups excluding carboxylic acids is 2. The number of hydroxylamine groups is 1. The molecule has 0 aliphatic heterocycles. The summed E-state index contributed by atoms with van der Waals surface area (Å²) >= 11 is 0. The van der Waals surface area contributed by atoms with Crippen molar-refractivity contribution in [2.75, 3.05) is 0 Å². The number of hydrogen-bond acceptors (Lipinski definition) is 3. The van der Waals surface area contributed by atoms with Crippen LogP contribution in [0.15, 0.2) is 0 Å². The SMILES string of the molecule is CCCCCC(C)C(=O)NOC(=O)CCC. The molecule has 4 heteroatoms. The summed E-state index contributed by atoms with van der Waals surface area (Å²) in [6.07, 6.45) is 5.21. The predicted molar refractivity (Wildman–Crippen MR) is 62.4 cm³/mol. The highest BCUT2D eigenvalue weighted by atomic mass is 16.7. The normalized spacial score (nSPS) is 11.9. The summed E-state index contributed by atoms with van der Waals surface area (Å²) in [6.45, 7) is 5.85. The van der Waals surface area contributed by atoms with E-state index in [9.17, 15) is 9.59 Å². The average Bonchev–Trinajstić information content (AvgIpc) is 2.26. The largest absolute Gasteiger partial charge is 0.341 e. The predicted octanol–water partition coefficient (Wildman–Crippen LogP) is 2.58. The van der Waals surface area contributed by atoms with Gasteiger partial charge in [0.2, 0.25) is 0 Å². The molecule has 0 radical (unpaired) electrons. The minimum absolute atomic E-state index is 0.0963. The van der Waals surface area contributed by atoms with Crippen molar-refractivity contribution in [2.24, 2.45) is 5.92 Å². The Morgan fingerprint density at radius 1 is 1.19 bits per heavy atom. The summed E-state index contributed by atoms with van der Waals surface area (Å²) in [7, 11) is 0. The summed E-state index contributed by atoms with van der Waals surface area (Å²) in [5, 5.41) is 0. The lowest BCUT2D eigenvalue weighted by molar-refractivity contribution is -0.159. The maximum absolute atomic E-state index is 11.5. The Labute approximate surface area is 97.7 Å². The highest BCUT2D eigenvalue weighted by Crippen LogP contribution is 2.09. The van der Waals surface area contributed by atoms with Crippen LogP contribution < -0.4 is 5.48 Å². The zero-order valence-corrected chi connectivity index (χ0v) is 10.5. The van der Waals surface area contributed by atoms with Gasteiger partial charge in [-0.15, -0.1) is 0 Å². The van der Waals surface area contributed by atoms with E-state index in [4.69, 9.17) is 0 Å². The molecule has 16 heavy (non-hydrogen) atoms. The second kappa shape index (κ2) is 9.19. The molecule has 94 valence electrons. The molecule has 1 atom stereocenters. The molecule has 1 amide bonds. The molecule has 0 heterocycles. The fourth-order valence-corrected chi connectivity index (χ4v) is 1.29. The maximum atomic E-state index is 11.5. The highest BCUT2D eigenvalue weighted by molar-refractivity contribution is 5.79. The van der Waals surface area contributed by atoms with Crippen molar-refractivity contribution in [3.05, 3.63) is 0 Å². The van der Waals surface area contributed by atoms with Crippen molar-refractivity contribution in [1.29, 1.82) is 0 Å². The van der Waals surface area contributed by atoms with Gasteiger partial charge in [0.15, 0.2) is 0 Å². The molecule has 4 nitrogen and oxygen atoms in total. The van der Waals surface area contributed by atoms with E-state index in [1.165, 1.54) is 0 Å². The Morgan fingerprint density at radius 3 is 2.44 bits per heavy atom. The van der Waals surface area contributed by atoms with Gasteiger partial charge in [0.05, 0.1) is 0 Å². The van der Waals surface area contributed by atoms with Crippen molar-refractivity contribution in [2.45, 2.75) is 59.3 Å². The zero-order chi connectivity index (χ0) is 12.4. The van der Waals surface area contributed by atoms with E-state index < -0.39 is 0 Å². The molecule has 1 N–H and O–H groups in total. The van der Waals surface area contributed by atoms with Crippen LogP contribution in [0.2, 0.25) is 0 Å². The minimum atomic E-state index is -0.378. The smallest absolute Gasteiger partial charge is 0.332 e. The van der Waals surface area contributed by atoms with E-state index in [1.54, 1.807) is 0 Å². The van der Waals surface area contributed by atoms with E-state index in [2.05, 4.69) is 17.2 Å². The number of carbonyl (C=O) groups is 2. The zero-order valence-electron chi connectivity index (χ0n) is 10.5. The molecule has 0 aromatic carbocycles. The van der Waals surface area contributed by atoms with Crippen LogP contribution >= 0.6 is 0 Å². The topological polar surface area (TPSA) is 55.4 Å². The van der Waals surface area contributed by atoms with E-state index in [0.29, 0.717) is 6.42 Å². The van der Waals surface area contributed by atoms with Gasteiger partial charge in [0, 0.05) is 12.3 Å². The summed E-state index contributed by atoms with van der Waals surface area (Å²) in [6, 6.07) is 0. The second-order valence-electron chi connectivity index (χ2n) is 4.09. The van der Waals surface area contributed by atoms with Gasteiger partial charge in [-0.2, -0.15) is 5.48 Å². The van der Waals surface area contributed by atoms with Crippen LogP contribution in [0.5, 0.6) is 0 Å². The first-order valence-electron chi connectivity index (χ1n) is 6.11. The first kappa shape index (κ1) is 14.9. The lowest BCUT2D eigenvalue weighted by Crippen LogP contribution is -2.31. The molecule has 0 bridgehead atoms. The van der Waals surface area contributed by atoms with E-state index in [-0.39, 0.29) is 17.8 Å². The van der Waals surface area contributed by atoms with Gasteiger partial charge in [-0.25, -0.2) is 4.79 Å². The van der Waals surface area contributed by atoms with Crippen LogP contribution in [0.4, 0.5) is 0 Å². The van der Waals surface area contributed by atoms with Crippen molar-refractivity contribution in [3.63, 3.8) is 0 Å². The monoisotopic (exact) mass is 229 g/mol. The fourth-order valence-electron chi connectivity index (χ4n) is 1.29. The molecular formula is C12H23NO3. The molecule has 0 rings (SSSR count). The van der Waals surface area contributed by atoms with Crippen molar-refractivity contribution < 1.29 is 14.4 Å². The van der Waals surface area contributed by atoms with Crippen LogP contribution in [0.25, 0.3) is 0 Å². The molecule has 0 saturated carbocycles. The average molecular weight is 229 g/mol. The molecule has 0 aromatic rings. The van der Waals surface area contributed by atoms with Gasteiger partial charge in [-0.05, 0) is 12.8 Å². The van der Waals surface area contributed by atoms with E-state index >= 15 is 0 Å². The third kappa shape index (κ3) is 7.26. The van der Waals surface area contributed by atoms with Crippen LogP contribution in [-0.2, 0) is 14.4 Å². The third-order valence-electron chi connectivity index (χ3n) is 2.41. The molecule has 0 spiro atoms. The van der Waals surface area contributed by atoms with E-state index in [0.717, 1.165) is 32.1 Å².